The lowest BCUT2D eigenvalue weighted by Crippen LogP contribution is -2.23. The molecule has 5 nitrogen and oxygen atoms in total. The van der Waals surface area contributed by atoms with Crippen LogP contribution in [-0.4, -0.2) is 26.7 Å². The van der Waals surface area contributed by atoms with E-state index >= 15 is 0 Å². The number of anilines is 1. The van der Waals surface area contributed by atoms with E-state index < -0.39 is 0 Å². The summed E-state index contributed by atoms with van der Waals surface area (Å²) in [5.41, 5.74) is 3.87. The second-order valence-corrected chi connectivity index (χ2v) is 5.41. The molecule has 0 aromatic heterocycles. The van der Waals surface area contributed by atoms with Gasteiger partial charge >= 0.3 is 0 Å². The Labute approximate surface area is 135 Å². The van der Waals surface area contributed by atoms with Crippen molar-refractivity contribution in [2.75, 3.05) is 26.1 Å². The van der Waals surface area contributed by atoms with Crippen LogP contribution in [0.5, 0.6) is 11.5 Å². The lowest BCUT2D eigenvalue weighted by Gasteiger charge is -2.12. The van der Waals surface area contributed by atoms with Crippen LogP contribution < -0.4 is 20.1 Å². The monoisotopic (exact) mass is 312 g/mol. The maximum Gasteiger partial charge on any atom is 0.251 e. The van der Waals surface area contributed by atoms with Crippen molar-refractivity contribution in [1.82, 2.24) is 5.32 Å². The number of carbonyl (C=O) groups excluding carboxylic acids is 1. The zero-order valence-electron chi connectivity index (χ0n) is 13.3. The highest BCUT2D eigenvalue weighted by atomic mass is 16.5. The first-order valence-corrected chi connectivity index (χ1v) is 7.57. The molecule has 0 radical (unpaired) electrons. The molecule has 3 rings (SSSR count). The molecule has 1 aliphatic heterocycles. The summed E-state index contributed by atoms with van der Waals surface area (Å²) < 4.78 is 10.5. The van der Waals surface area contributed by atoms with E-state index in [0.29, 0.717) is 12.1 Å². The fourth-order valence-corrected chi connectivity index (χ4v) is 2.74. The summed E-state index contributed by atoms with van der Waals surface area (Å²) in [6.45, 7) is 1.32. The summed E-state index contributed by atoms with van der Waals surface area (Å²) in [6.07, 6.45) is 0.958. The molecule has 2 aromatic rings. The molecule has 1 heterocycles. The average molecular weight is 312 g/mol. The van der Waals surface area contributed by atoms with Crippen LogP contribution in [0, 0.1) is 0 Å². The van der Waals surface area contributed by atoms with Gasteiger partial charge in [-0.3, -0.25) is 4.79 Å². The molecule has 0 saturated carbocycles. The summed E-state index contributed by atoms with van der Waals surface area (Å²) in [4.78, 5) is 12.4. The molecule has 0 bridgehead atoms. The van der Waals surface area contributed by atoms with E-state index in [1.807, 2.05) is 36.4 Å². The summed E-state index contributed by atoms with van der Waals surface area (Å²) in [7, 11) is 3.23. The van der Waals surface area contributed by atoms with Crippen molar-refractivity contribution < 1.29 is 14.3 Å². The Balaban J connectivity index is 1.71. The zero-order valence-corrected chi connectivity index (χ0v) is 13.3. The van der Waals surface area contributed by atoms with E-state index in [-0.39, 0.29) is 5.91 Å². The minimum absolute atomic E-state index is 0.0930. The highest BCUT2D eigenvalue weighted by Gasteiger charge is 2.14. The molecule has 1 amide bonds. The molecule has 120 valence electrons. The quantitative estimate of drug-likeness (QED) is 0.891. The predicted molar refractivity (Wildman–Crippen MR) is 89.4 cm³/mol. The molecule has 0 atom stereocenters. The highest BCUT2D eigenvalue weighted by Crippen LogP contribution is 2.25. The van der Waals surface area contributed by atoms with Crippen LogP contribution in [0.3, 0.4) is 0 Å². The van der Waals surface area contributed by atoms with Gasteiger partial charge in [-0.15, -0.1) is 0 Å². The van der Waals surface area contributed by atoms with Crippen molar-refractivity contribution in [2.24, 2.45) is 0 Å². The highest BCUT2D eigenvalue weighted by molar-refractivity contribution is 5.95. The summed E-state index contributed by atoms with van der Waals surface area (Å²) in [6, 6.07) is 11.3. The molecular weight excluding hydrogens is 292 g/mol. The van der Waals surface area contributed by atoms with Gasteiger partial charge in [0.15, 0.2) is 0 Å². The first-order chi connectivity index (χ1) is 11.2. The van der Waals surface area contributed by atoms with Crippen LogP contribution in [-0.2, 0) is 13.0 Å². The SMILES string of the molecule is COc1ccc(OC)c(CNC(=O)c2ccc3c(c2)CCN3)c1. The third kappa shape index (κ3) is 3.23. The zero-order chi connectivity index (χ0) is 16.2. The van der Waals surface area contributed by atoms with Crippen LogP contribution in [0.4, 0.5) is 5.69 Å². The van der Waals surface area contributed by atoms with Crippen molar-refractivity contribution in [3.63, 3.8) is 0 Å². The number of nitrogens with one attached hydrogen (secondary N) is 2. The molecular formula is C18H20N2O3. The Kier molecular flexibility index (Phi) is 4.37. The average Bonchev–Trinajstić information content (AvgIpc) is 3.06. The van der Waals surface area contributed by atoms with Gasteiger partial charge in [0, 0.05) is 29.9 Å². The Bertz CT molecular complexity index is 728. The number of rotatable bonds is 5. The Morgan fingerprint density at radius 3 is 2.83 bits per heavy atom. The van der Waals surface area contributed by atoms with E-state index in [2.05, 4.69) is 10.6 Å². The van der Waals surface area contributed by atoms with Crippen molar-refractivity contribution in [3.05, 3.63) is 53.1 Å². The van der Waals surface area contributed by atoms with E-state index in [0.717, 1.165) is 35.7 Å². The van der Waals surface area contributed by atoms with Crippen LogP contribution in [0.15, 0.2) is 36.4 Å². The van der Waals surface area contributed by atoms with E-state index in [9.17, 15) is 4.79 Å². The van der Waals surface area contributed by atoms with Gasteiger partial charge < -0.3 is 20.1 Å². The molecule has 0 saturated heterocycles. The van der Waals surface area contributed by atoms with Gasteiger partial charge in [0.1, 0.15) is 11.5 Å². The lowest BCUT2D eigenvalue weighted by atomic mass is 10.1. The number of hydrogen-bond acceptors (Lipinski definition) is 4. The van der Waals surface area contributed by atoms with E-state index in [1.165, 1.54) is 5.56 Å². The van der Waals surface area contributed by atoms with E-state index in [4.69, 9.17) is 9.47 Å². The van der Waals surface area contributed by atoms with Gasteiger partial charge in [-0.1, -0.05) is 0 Å². The maximum absolute atomic E-state index is 12.4. The third-order valence-electron chi connectivity index (χ3n) is 4.00. The van der Waals surface area contributed by atoms with Gasteiger partial charge in [0.25, 0.3) is 5.91 Å². The molecule has 1 aliphatic rings. The molecule has 5 heteroatoms. The number of ether oxygens (including phenoxy) is 2. The summed E-state index contributed by atoms with van der Waals surface area (Å²) in [5.74, 6) is 1.37. The normalized spacial score (nSPS) is 12.3. The minimum atomic E-state index is -0.0930. The number of methoxy groups -OCH3 is 2. The molecule has 0 aliphatic carbocycles. The van der Waals surface area contributed by atoms with Gasteiger partial charge in [0.05, 0.1) is 14.2 Å². The Hall–Kier alpha value is -2.69. The van der Waals surface area contributed by atoms with Crippen molar-refractivity contribution in [3.8, 4) is 11.5 Å². The van der Waals surface area contributed by atoms with Crippen molar-refractivity contribution in [2.45, 2.75) is 13.0 Å². The van der Waals surface area contributed by atoms with Crippen molar-refractivity contribution >= 4 is 11.6 Å². The fourth-order valence-electron chi connectivity index (χ4n) is 2.74. The summed E-state index contributed by atoms with van der Waals surface area (Å²) in [5, 5.41) is 6.23. The molecule has 2 N–H and O–H groups in total. The number of carbonyl (C=O) groups is 1. The number of amides is 1. The first kappa shape index (κ1) is 15.2. The predicted octanol–water partition coefficient (Wildman–Crippen LogP) is 2.60. The Morgan fingerprint density at radius 1 is 1.17 bits per heavy atom. The number of fused-ring (bicyclic) bond motifs is 1. The van der Waals surface area contributed by atoms with Crippen LogP contribution in [0.2, 0.25) is 0 Å². The molecule has 0 spiro atoms. The fraction of sp³-hybridized carbons (Fsp3) is 0.278. The smallest absolute Gasteiger partial charge is 0.251 e. The maximum atomic E-state index is 12.4. The van der Waals surface area contributed by atoms with Gasteiger partial charge in [-0.05, 0) is 48.4 Å². The Morgan fingerprint density at radius 2 is 2.04 bits per heavy atom. The van der Waals surface area contributed by atoms with Gasteiger partial charge in [-0.2, -0.15) is 0 Å². The van der Waals surface area contributed by atoms with Gasteiger partial charge in [0.2, 0.25) is 0 Å². The molecule has 23 heavy (non-hydrogen) atoms. The van der Waals surface area contributed by atoms with Gasteiger partial charge in [-0.25, -0.2) is 0 Å². The molecule has 0 fully saturated rings. The second kappa shape index (κ2) is 6.60. The third-order valence-corrected chi connectivity index (χ3v) is 4.00. The summed E-state index contributed by atoms with van der Waals surface area (Å²) >= 11 is 0. The first-order valence-electron chi connectivity index (χ1n) is 7.57. The largest absolute Gasteiger partial charge is 0.497 e. The lowest BCUT2D eigenvalue weighted by molar-refractivity contribution is 0.0950. The standard InChI is InChI=1S/C18H20N2O3/c1-22-15-4-6-17(23-2)14(10-15)11-20-18(21)13-3-5-16-12(9-13)7-8-19-16/h3-6,9-10,19H,7-8,11H2,1-2H3,(H,20,21). The van der Waals surface area contributed by atoms with Crippen LogP contribution in [0.25, 0.3) is 0 Å². The van der Waals surface area contributed by atoms with Crippen molar-refractivity contribution in [1.29, 1.82) is 0 Å². The topological polar surface area (TPSA) is 59.6 Å². The number of hydrogen-bond donors (Lipinski definition) is 2. The van der Waals surface area contributed by atoms with Crippen LogP contribution >= 0.6 is 0 Å². The van der Waals surface area contributed by atoms with E-state index in [1.54, 1.807) is 14.2 Å². The van der Waals surface area contributed by atoms with Crippen LogP contribution in [0.1, 0.15) is 21.5 Å². The molecule has 2 aromatic carbocycles. The molecule has 0 unspecified atom stereocenters. The second-order valence-electron chi connectivity index (χ2n) is 5.41. The number of benzene rings is 2. The minimum Gasteiger partial charge on any atom is -0.497 e.